The summed E-state index contributed by atoms with van der Waals surface area (Å²) in [7, 11) is 3.11. The Hall–Kier alpha value is -2.04. The molecule has 1 aromatic rings. The second-order valence-electron chi connectivity index (χ2n) is 3.91. The summed E-state index contributed by atoms with van der Waals surface area (Å²) in [6.07, 6.45) is 0. The maximum Gasteiger partial charge on any atom is 0.254 e. The maximum absolute atomic E-state index is 11.9. The van der Waals surface area contributed by atoms with E-state index in [0.29, 0.717) is 11.3 Å². The third kappa shape index (κ3) is 3.21. The van der Waals surface area contributed by atoms with Gasteiger partial charge in [-0.1, -0.05) is 6.07 Å². The minimum absolute atomic E-state index is 0.0309. The molecule has 0 bridgehead atoms. The Morgan fingerprint density at radius 2 is 2.06 bits per heavy atom. The third-order valence-electron chi connectivity index (χ3n) is 2.53. The number of likely N-dealkylation sites (N-methyl/N-ethyl adjacent to an activating group) is 2. The predicted molar refractivity (Wildman–Crippen MR) is 66.6 cm³/mol. The Kier molecular flexibility index (Phi) is 4.09. The smallest absolute Gasteiger partial charge is 0.254 e. The molecule has 5 heteroatoms. The monoisotopic (exact) mass is 235 g/mol. The van der Waals surface area contributed by atoms with Crippen LogP contribution in [0.4, 0.5) is 5.69 Å². The molecule has 0 saturated heterocycles. The number of aryl methyl sites for hydroxylation is 1. The summed E-state index contributed by atoms with van der Waals surface area (Å²) in [5.41, 5.74) is 7.72. The van der Waals surface area contributed by atoms with Gasteiger partial charge in [0.25, 0.3) is 5.91 Å². The molecule has 0 saturated carbocycles. The van der Waals surface area contributed by atoms with Crippen LogP contribution in [0.3, 0.4) is 0 Å². The second-order valence-corrected chi connectivity index (χ2v) is 3.91. The van der Waals surface area contributed by atoms with Crippen LogP contribution in [0.1, 0.15) is 15.9 Å². The van der Waals surface area contributed by atoms with E-state index in [1.807, 2.05) is 6.92 Å². The van der Waals surface area contributed by atoms with E-state index in [9.17, 15) is 9.59 Å². The van der Waals surface area contributed by atoms with E-state index in [-0.39, 0.29) is 18.4 Å². The number of nitrogen functional groups attached to an aromatic ring is 1. The molecule has 0 heterocycles. The van der Waals surface area contributed by atoms with Crippen LogP contribution in [0.15, 0.2) is 18.2 Å². The van der Waals surface area contributed by atoms with Crippen LogP contribution in [0, 0.1) is 6.92 Å². The fourth-order valence-corrected chi connectivity index (χ4v) is 1.36. The number of benzene rings is 1. The Labute approximate surface area is 101 Å². The molecule has 5 nitrogen and oxygen atoms in total. The zero-order chi connectivity index (χ0) is 13.0. The molecule has 0 aliphatic heterocycles. The van der Waals surface area contributed by atoms with Crippen molar-refractivity contribution in [3.05, 3.63) is 29.3 Å². The largest absolute Gasteiger partial charge is 0.398 e. The van der Waals surface area contributed by atoms with E-state index in [1.165, 1.54) is 11.9 Å². The van der Waals surface area contributed by atoms with Crippen molar-refractivity contribution in [3.8, 4) is 0 Å². The topological polar surface area (TPSA) is 75.4 Å². The van der Waals surface area contributed by atoms with Gasteiger partial charge in [0.1, 0.15) is 0 Å². The van der Waals surface area contributed by atoms with E-state index in [2.05, 4.69) is 5.32 Å². The van der Waals surface area contributed by atoms with Crippen LogP contribution in [-0.4, -0.2) is 37.4 Å². The van der Waals surface area contributed by atoms with Gasteiger partial charge >= 0.3 is 0 Å². The van der Waals surface area contributed by atoms with Crippen molar-refractivity contribution in [2.45, 2.75) is 6.92 Å². The first kappa shape index (κ1) is 13.0. The summed E-state index contributed by atoms with van der Waals surface area (Å²) >= 11 is 0. The van der Waals surface area contributed by atoms with Crippen LogP contribution < -0.4 is 11.1 Å². The molecule has 0 radical (unpaired) electrons. The average Bonchev–Trinajstić information content (AvgIpc) is 2.31. The molecule has 2 amide bonds. The SMILES string of the molecule is CNC(=O)CN(C)C(=O)c1ccc(C)c(N)c1. The van der Waals surface area contributed by atoms with Gasteiger partial charge in [0.2, 0.25) is 5.91 Å². The number of nitrogens with zero attached hydrogens (tertiary/aromatic N) is 1. The number of hydrogen-bond donors (Lipinski definition) is 2. The second kappa shape index (κ2) is 5.34. The number of carbonyl (C=O) groups excluding carboxylic acids is 2. The van der Waals surface area contributed by atoms with Gasteiger partial charge in [-0.15, -0.1) is 0 Å². The first-order chi connectivity index (χ1) is 7.95. The molecular weight excluding hydrogens is 218 g/mol. The Morgan fingerprint density at radius 3 is 2.59 bits per heavy atom. The predicted octanol–water partition coefficient (Wildman–Crippen LogP) is 0.395. The van der Waals surface area contributed by atoms with Crippen LogP contribution >= 0.6 is 0 Å². The Bertz CT molecular complexity index is 443. The summed E-state index contributed by atoms with van der Waals surface area (Å²) < 4.78 is 0. The molecule has 0 atom stereocenters. The molecule has 17 heavy (non-hydrogen) atoms. The molecule has 1 aromatic carbocycles. The van der Waals surface area contributed by atoms with Gasteiger partial charge in [0.05, 0.1) is 6.54 Å². The number of nitrogens with two attached hydrogens (primary N) is 1. The minimum atomic E-state index is -0.222. The summed E-state index contributed by atoms with van der Waals surface area (Å²) in [6.45, 7) is 1.90. The van der Waals surface area contributed by atoms with Crippen molar-refractivity contribution in [3.63, 3.8) is 0 Å². The lowest BCUT2D eigenvalue weighted by Gasteiger charge is -2.16. The lowest BCUT2D eigenvalue weighted by atomic mass is 10.1. The zero-order valence-corrected chi connectivity index (χ0v) is 10.3. The quantitative estimate of drug-likeness (QED) is 0.744. The molecule has 3 N–H and O–H groups in total. The highest BCUT2D eigenvalue weighted by atomic mass is 16.2. The third-order valence-corrected chi connectivity index (χ3v) is 2.53. The first-order valence-electron chi connectivity index (χ1n) is 5.28. The van der Waals surface area contributed by atoms with Crippen LogP contribution in [-0.2, 0) is 4.79 Å². The van der Waals surface area contributed by atoms with Crippen LogP contribution in [0.2, 0.25) is 0 Å². The van der Waals surface area contributed by atoms with Gasteiger partial charge in [-0.05, 0) is 24.6 Å². The van der Waals surface area contributed by atoms with E-state index in [0.717, 1.165) is 5.56 Å². The molecular formula is C12H17N3O2. The lowest BCUT2D eigenvalue weighted by Crippen LogP contribution is -2.36. The minimum Gasteiger partial charge on any atom is -0.398 e. The number of amides is 2. The van der Waals surface area contributed by atoms with E-state index < -0.39 is 0 Å². The van der Waals surface area contributed by atoms with Crippen LogP contribution in [0.5, 0.6) is 0 Å². The molecule has 0 unspecified atom stereocenters. The van der Waals surface area contributed by atoms with Gasteiger partial charge < -0.3 is 16.0 Å². The summed E-state index contributed by atoms with van der Waals surface area (Å²) in [6, 6.07) is 5.11. The van der Waals surface area contributed by atoms with Crippen molar-refractivity contribution < 1.29 is 9.59 Å². The molecule has 0 aliphatic carbocycles. The van der Waals surface area contributed by atoms with E-state index >= 15 is 0 Å². The fraction of sp³-hybridized carbons (Fsp3) is 0.333. The van der Waals surface area contributed by atoms with Gasteiger partial charge in [0, 0.05) is 25.3 Å². The normalized spacial score (nSPS) is 9.82. The van der Waals surface area contributed by atoms with Crippen molar-refractivity contribution >= 4 is 17.5 Å². The molecule has 92 valence electrons. The van der Waals surface area contributed by atoms with E-state index in [4.69, 9.17) is 5.73 Å². The highest BCUT2D eigenvalue weighted by molar-refractivity contribution is 5.97. The number of hydrogen-bond acceptors (Lipinski definition) is 3. The van der Waals surface area contributed by atoms with Gasteiger partial charge in [-0.25, -0.2) is 0 Å². The highest BCUT2D eigenvalue weighted by Gasteiger charge is 2.14. The molecule has 0 aromatic heterocycles. The summed E-state index contributed by atoms with van der Waals surface area (Å²) in [5.74, 6) is -0.429. The summed E-state index contributed by atoms with van der Waals surface area (Å²) in [4.78, 5) is 24.4. The highest BCUT2D eigenvalue weighted by Crippen LogP contribution is 2.14. The summed E-state index contributed by atoms with van der Waals surface area (Å²) in [5, 5.41) is 2.47. The number of carbonyl (C=O) groups is 2. The van der Waals surface area contributed by atoms with Crippen molar-refractivity contribution in [2.75, 3.05) is 26.4 Å². The fourth-order valence-electron chi connectivity index (χ4n) is 1.36. The molecule has 0 fully saturated rings. The molecule has 0 aliphatic rings. The van der Waals surface area contributed by atoms with Crippen LogP contribution in [0.25, 0.3) is 0 Å². The molecule has 1 rings (SSSR count). The number of rotatable bonds is 3. The van der Waals surface area contributed by atoms with Crippen molar-refractivity contribution in [1.29, 1.82) is 0 Å². The standard InChI is InChI=1S/C12H17N3O2/c1-8-4-5-9(6-10(8)13)12(17)15(3)7-11(16)14-2/h4-6H,7,13H2,1-3H3,(H,14,16). The Morgan fingerprint density at radius 1 is 1.41 bits per heavy atom. The van der Waals surface area contributed by atoms with Gasteiger partial charge in [-0.3, -0.25) is 9.59 Å². The van der Waals surface area contributed by atoms with E-state index in [1.54, 1.807) is 25.2 Å². The zero-order valence-electron chi connectivity index (χ0n) is 10.3. The van der Waals surface area contributed by atoms with Gasteiger partial charge in [-0.2, -0.15) is 0 Å². The number of anilines is 1. The maximum atomic E-state index is 11.9. The Balaban J connectivity index is 2.81. The first-order valence-corrected chi connectivity index (χ1v) is 5.28. The average molecular weight is 235 g/mol. The molecule has 0 spiro atoms. The van der Waals surface area contributed by atoms with Crippen molar-refractivity contribution in [1.82, 2.24) is 10.2 Å². The van der Waals surface area contributed by atoms with Gasteiger partial charge in [0.15, 0.2) is 0 Å². The van der Waals surface area contributed by atoms with Crippen molar-refractivity contribution in [2.24, 2.45) is 0 Å². The lowest BCUT2D eigenvalue weighted by molar-refractivity contribution is -0.121. The number of nitrogens with one attached hydrogen (secondary N) is 1.